The van der Waals surface area contributed by atoms with Gasteiger partial charge in [-0.2, -0.15) is 0 Å². The first-order valence-electron chi connectivity index (χ1n) is 14.5. The van der Waals surface area contributed by atoms with Crippen LogP contribution in [-0.2, 0) is 11.2 Å². The number of aromatic nitrogens is 2. The van der Waals surface area contributed by atoms with Crippen molar-refractivity contribution in [3.63, 3.8) is 0 Å². The Bertz CT molecular complexity index is 1250. The van der Waals surface area contributed by atoms with Gasteiger partial charge in [0, 0.05) is 29.8 Å². The predicted molar refractivity (Wildman–Crippen MR) is 157 cm³/mol. The van der Waals surface area contributed by atoms with E-state index in [-0.39, 0.29) is 29.0 Å². The van der Waals surface area contributed by atoms with E-state index in [0.29, 0.717) is 30.5 Å². The summed E-state index contributed by atoms with van der Waals surface area (Å²) in [7, 11) is 0. The number of carbonyl (C=O) groups is 1. The lowest BCUT2D eigenvalue weighted by molar-refractivity contribution is -0.384. The number of ether oxygens (including phenoxy) is 1. The van der Waals surface area contributed by atoms with Crippen LogP contribution >= 0.6 is 0 Å². The Morgan fingerprint density at radius 1 is 1.10 bits per heavy atom. The first kappa shape index (κ1) is 29.3. The van der Waals surface area contributed by atoms with Crippen LogP contribution in [0.4, 0.5) is 5.69 Å². The number of nitrogens with one attached hydrogen (secondary N) is 2. The zero-order valence-corrected chi connectivity index (χ0v) is 24.1. The van der Waals surface area contributed by atoms with Crippen LogP contribution < -0.4 is 10.1 Å². The molecule has 1 aliphatic rings. The molecule has 0 saturated heterocycles. The number of H-pyrrole nitrogens is 1. The highest BCUT2D eigenvalue weighted by Crippen LogP contribution is 2.40. The zero-order chi connectivity index (χ0) is 28.7. The van der Waals surface area contributed by atoms with E-state index in [0.717, 1.165) is 55.4 Å². The molecule has 3 aromatic rings. The Labute approximate surface area is 237 Å². The molecule has 1 atom stereocenters. The van der Waals surface area contributed by atoms with E-state index in [1.165, 1.54) is 12.1 Å². The lowest BCUT2D eigenvalue weighted by atomic mass is 9.69. The van der Waals surface area contributed by atoms with Crippen molar-refractivity contribution in [3.05, 3.63) is 76.2 Å². The van der Waals surface area contributed by atoms with Gasteiger partial charge >= 0.3 is 0 Å². The van der Waals surface area contributed by atoms with Gasteiger partial charge in [-0.1, -0.05) is 46.2 Å². The summed E-state index contributed by atoms with van der Waals surface area (Å²) in [5, 5.41) is 14.3. The number of hydrogen-bond donors (Lipinski definition) is 2. The van der Waals surface area contributed by atoms with Crippen LogP contribution in [0.3, 0.4) is 0 Å². The quantitative estimate of drug-likeness (QED) is 0.148. The van der Waals surface area contributed by atoms with Crippen molar-refractivity contribution in [2.24, 2.45) is 17.3 Å². The third-order valence-corrected chi connectivity index (χ3v) is 8.07. The number of aromatic amines is 1. The fourth-order valence-electron chi connectivity index (χ4n) is 5.44. The van der Waals surface area contributed by atoms with Gasteiger partial charge in [-0.15, -0.1) is 0 Å². The predicted octanol–water partition coefficient (Wildman–Crippen LogP) is 7.42. The number of rotatable bonds is 11. The summed E-state index contributed by atoms with van der Waals surface area (Å²) < 4.78 is 5.81. The Kier molecular flexibility index (Phi) is 9.61. The van der Waals surface area contributed by atoms with Crippen molar-refractivity contribution < 1.29 is 14.5 Å². The molecule has 0 radical (unpaired) electrons. The van der Waals surface area contributed by atoms with Crippen molar-refractivity contribution in [2.45, 2.75) is 78.7 Å². The average Bonchev–Trinajstić information content (AvgIpc) is 3.44. The highest BCUT2D eigenvalue weighted by Gasteiger charge is 2.33. The molecule has 1 aromatic heterocycles. The zero-order valence-electron chi connectivity index (χ0n) is 24.1. The number of hydrogen-bond acceptors (Lipinski definition) is 5. The fourth-order valence-corrected chi connectivity index (χ4v) is 5.44. The Morgan fingerprint density at radius 3 is 2.38 bits per heavy atom. The number of non-ortho nitro benzene ring substituents is 1. The highest BCUT2D eigenvalue weighted by atomic mass is 16.6. The van der Waals surface area contributed by atoms with Gasteiger partial charge in [0.1, 0.15) is 11.6 Å². The lowest BCUT2D eigenvalue weighted by Gasteiger charge is -2.36. The summed E-state index contributed by atoms with van der Waals surface area (Å²) >= 11 is 0. The number of nitro groups is 1. The second-order valence-corrected chi connectivity index (χ2v) is 12.0. The van der Waals surface area contributed by atoms with Gasteiger partial charge in [-0.05, 0) is 79.7 Å². The van der Waals surface area contributed by atoms with E-state index >= 15 is 0 Å². The minimum absolute atomic E-state index is 0.000420. The number of nitrogens with zero attached hydrogens (tertiary/aromatic N) is 2. The summed E-state index contributed by atoms with van der Waals surface area (Å²) in [6.45, 7) is 9.69. The molecule has 40 heavy (non-hydrogen) atoms. The molecular weight excluding hydrogens is 504 g/mol. The van der Waals surface area contributed by atoms with Crippen LogP contribution in [0.2, 0.25) is 0 Å². The van der Waals surface area contributed by atoms with Crippen LogP contribution in [-0.4, -0.2) is 27.4 Å². The van der Waals surface area contributed by atoms with Crippen molar-refractivity contribution >= 4 is 11.6 Å². The maximum Gasteiger partial charge on any atom is 0.269 e. The highest BCUT2D eigenvalue weighted by molar-refractivity contribution is 5.79. The summed E-state index contributed by atoms with van der Waals surface area (Å²) in [6.07, 6.45) is 8.40. The minimum atomic E-state index is -0.416. The third kappa shape index (κ3) is 7.71. The molecule has 2 aromatic carbocycles. The summed E-state index contributed by atoms with van der Waals surface area (Å²) in [6, 6.07) is 14.0. The molecule has 0 aliphatic heterocycles. The Hall–Kier alpha value is -3.68. The number of unbranched alkanes of at least 4 members (excludes halogenated alkanes) is 1. The second-order valence-electron chi connectivity index (χ2n) is 12.0. The third-order valence-electron chi connectivity index (χ3n) is 8.07. The standard InChI is InChI=1S/C32H42N4O4/c1-5-6-19-40-27-17-7-22(8-18-27)20-28(35-31(37)24-9-13-25(14-10-24)32(2,3)4)30-33-21-29(34-30)23-11-15-26(16-12-23)36(38)39/h7-8,11-12,15-18,21,24-25,28H,5-6,9-10,13-14,19-20H2,1-4H3,(H,33,34)(H,35,37)/t24?,25?,28-/m0/s1. The van der Waals surface area contributed by atoms with Crippen molar-refractivity contribution in [1.82, 2.24) is 15.3 Å². The lowest BCUT2D eigenvalue weighted by Crippen LogP contribution is -2.38. The number of carbonyl (C=O) groups excluding carboxylic acids is 1. The van der Waals surface area contributed by atoms with Crippen molar-refractivity contribution in [2.75, 3.05) is 6.61 Å². The normalized spacial score (nSPS) is 18.2. The van der Waals surface area contributed by atoms with Crippen LogP contribution in [0.5, 0.6) is 5.75 Å². The Balaban J connectivity index is 1.50. The fraction of sp³-hybridized carbons (Fsp3) is 0.500. The van der Waals surface area contributed by atoms with Gasteiger partial charge in [0.15, 0.2) is 0 Å². The van der Waals surface area contributed by atoms with Crippen molar-refractivity contribution in [1.29, 1.82) is 0 Å². The maximum absolute atomic E-state index is 13.5. The molecule has 0 unspecified atom stereocenters. The van der Waals surface area contributed by atoms with E-state index in [1.807, 2.05) is 24.3 Å². The molecule has 1 amide bonds. The van der Waals surface area contributed by atoms with E-state index in [2.05, 4.69) is 38.0 Å². The molecular formula is C32H42N4O4. The monoisotopic (exact) mass is 546 g/mol. The van der Waals surface area contributed by atoms with E-state index in [9.17, 15) is 14.9 Å². The summed E-state index contributed by atoms with van der Waals surface area (Å²) in [5.74, 6) is 2.21. The first-order chi connectivity index (χ1) is 19.1. The SMILES string of the molecule is CCCCOc1ccc(C[C@H](NC(=O)C2CCC(C(C)(C)C)CC2)c2nc(-c3ccc([N+](=O)[O-])cc3)c[nH]2)cc1. The van der Waals surface area contributed by atoms with Gasteiger partial charge < -0.3 is 15.0 Å². The first-order valence-corrected chi connectivity index (χ1v) is 14.5. The Morgan fingerprint density at radius 2 is 1.77 bits per heavy atom. The molecule has 0 spiro atoms. The number of imidazole rings is 1. The topological polar surface area (TPSA) is 110 Å². The molecule has 1 aliphatic carbocycles. The molecule has 1 saturated carbocycles. The van der Waals surface area contributed by atoms with Gasteiger partial charge in [0.2, 0.25) is 5.91 Å². The van der Waals surface area contributed by atoms with E-state index in [1.54, 1.807) is 18.3 Å². The van der Waals surface area contributed by atoms with Crippen LogP contribution in [0.15, 0.2) is 54.7 Å². The molecule has 0 bridgehead atoms. The average molecular weight is 547 g/mol. The van der Waals surface area contributed by atoms with E-state index in [4.69, 9.17) is 9.72 Å². The van der Waals surface area contributed by atoms with Gasteiger partial charge in [0.25, 0.3) is 5.69 Å². The molecule has 1 fully saturated rings. The molecule has 4 rings (SSSR count). The molecule has 214 valence electrons. The number of benzene rings is 2. The molecule has 2 N–H and O–H groups in total. The summed E-state index contributed by atoms with van der Waals surface area (Å²) in [5.41, 5.74) is 2.81. The number of amides is 1. The van der Waals surface area contributed by atoms with Crippen molar-refractivity contribution in [3.8, 4) is 17.0 Å². The molecule has 8 heteroatoms. The van der Waals surface area contributed by atoms with Gasteiger partial charge in [-0.25, -0.2) is 4.98 Å². The largest absolute Gasteiger partial charge is 0.494 e. The van der Waals surface area contributed by atoms with Crippen LogP contribution in [0.25, 0.3) is 11.3 Å². The van der Waals surface area contributed by atoms with Crippen LogP contribution in [0.1, 0.15) is 83.6 Å². The van der Waals surface area contributed by atoms with Gasteiger partial charge in [-0.3, -0.25) is 14.9 Å². The molecule has 1 heterocycles. The summed E-state index contributed by atoms with van der Waals surface area (Å²) in [4.78, 5) is 32.1. The maximum atomic E-state index is 13.5. The smallest absolute Gasteiger partial charge is 0.269 e. The molecule has 8 nitrogen and oxygen atoms in total. The van der Waals surface area contributed by atoms with E-state index < -0.39 is 4.92 Å². The second kappa shape index (κ2) is 13.1. The van der Waals surface area contributed by atoms with Gasteiger partial charge in [0.05, 0.1) is 23.3 Å². The van der Waals surface area contributed by atoms with Crippen LogP contribution in [0, 0.1) is 27.4 Å². The number of nitro benzene ring substituents is 1. The minimum Gasteiger partial charge on any atom is -0.494 e.